The third kappa shape index (κ3) is 54.2. The highest BCUT2D eigenvalue weighted by Crippen LogP contribution is 2.45. The van der Waals surface area contributed by atoms with E-state index in [2.05, 4.69) is 65.8 Å². The van der Waals surface area contributed by atoms with E-state index in [1.807, 2.05) is 0 Å². The molecule has 17 nitrogen and oxygen atoms in total. The van der Waals surface area contributed by atoms with Crippen molar-refractivity contribution in [3.8, 4) is 0 Å². The summed E-state index contributed by atoms with van der Waals surface area (Å²) < 4.78 is 67.7. The summed E-state index contributed by atoms with van der Waals surface area (Å²) in [5, 5.41) is 10.5. The van der Waals surface area contributed by atoms with Gasteiger partial charge in [-0.1, -0.05) is 233 Å². The van der Waals surface area contributed by atoms with Crippen LogP contribution in [0.15, 0.2) is 24.3 Å². The van der Waals surface area contributed by atoms with E-state index in [-0.39, 0.29) is 25.7 Å². The highest BCUT2D eigenvalue weighted by Gasteiger charge is 2.30. The second kappa shape index (κ2) is 55.1. The Morgan fingerprint density at radius 1 is 0.390 bits per heavy atom. The maximum atomic E-state index is 13.0. The van der Waals surface area contributed by atoms with Gasteiger partial charge in [0.05, 0.1) is 26.4 Å². The summed E-state index contributed by atoms with van der Waals surface area (Å²) in [6, 6.07) is 0. The average molecular weight is 1210 g/mol. The van der Waals surface area contributed by atoms with Crippen molar-refractivity contribution in [2.45, 2.75) is 304 Å². The van der Waals surface area contributed by atoms with E-state index in [1.54, 1.807) is 0 Å². The summed E-state index contributed by atoms with van der Waals surface area (Å²) in [7, 11) is -9.89. The Bertz CT molecular complexity index is 1710. The number of carbonyl (C=O) groups excluding carboxylic acids is 4. The fourth-order valence-corrected chi connectivity index (χ4v) is 10.3. The first-order chi connectivity index (χ1) is 39.4. The molecule has 0 fully saturated rings. The summed E-state index contributed by atoms with van der Waals surface area (Å²) in [4.78, 5) is 71.9. The summed E-state index contributed by atoms with van der Waals surface area (Å²) in [6.45, 7) is 9.28. The molecule has 4 unspecified atom stereocenters. The van der Waals surface area contributed by atoms with Crippen molar-refractivity contribution in [1.82, 2.24) is 0 Å². The largest absolute Gasteiger partial charge is 0.472 e. The quantitative estimate of drug-likeness (QED) is 0.0169. The molecule has 0 aromatic heterocycles. The molecule has 482 valence electrons. The number of esters is 4. The van der Waals surface area contributed by atoms with Gasteiger partial charge in [-0.05, 0) is 63.2 Å². The number of phosphoric acid groups is 2. The molecule has 19 heteroatoms. The number of rotatable bonds is 60. The second-order valence-corrected chi connectivity index (χ2v) is 25.5. The predicted octanol–water partition coefficient (Wildman–Crippen LogP) is 16.8. The highest BCUT2D eigenvalue weighted by molar-refractivity contribution is 7.47. The van der Waals surface area contributed by atoms with Crippen LogP contribution in [-0.2, 0) is 65.4 Å². The lowest BCUT2D eigenvalue weighted by Crippen LogP contribution is -2.30. The van der Waals surface area contributed by atoms with Crippen LogP contribution in [0.1, 0.15) is 286 Å². The van der Waals surface area contributed by atoms with Crippen LogP contribution < -0.4 is 0 Å². The number of phosphoric ester groups is 2. The van der Waals surface area contributed by atoms with Crippen molar-refractivity contribution in [3.05, 3.63) is 24.3 Å². The van der Waals surface area contributed by atoms with Gasteiger partial charge >= 0.3 is 39.5 Å². The van der Waals surface area contributed by atoms with Crippen LogP contribution in [0.25, 0.3) is 0 Å². The first-order valence-corrected chi connectivity index (χ1v) is 35.4. The maximum Gasteiger partial charge on any atom is 0.472 e. The molecule has 0 amide bonds. The summed E-state index contributed by atoms with van der Waals surface area (Å²) in [5.41, 5.74) is 0. The van der Waals surface area contributed by atoms with Crippen LogP contribution in [0, 0.1) is 11.8 Å². The van der Waals surface area contributed by atoms with Crippen LogP contribution >= 0.6 is 15.6 Å². The number of unbranched alkanes of at least 4 members (excludes halogenated alkanes) is 25. The molecule has 82 heavy (non-hydrogen) atoms. The smallest absolute Gasteiger partial charge is 0.462 e. The van der Waals surface area contributed by atoms with Gasteiger partial charge in [-0.15, -0.1) is 0 Å². The number of allylic oxidation sites excluding steroid dienone is 4. The first kappa shape index (κ1) is 79.5. The van der Waals surface area contributed by atoms with Gasteiger partial charge < -0.3 is 33.8 Å². The van der Waals surface area contributed by atoms with Gasteiger partial charge in [0.2, 0.25) is 0 Å². The van der Waals surface area contributed by atoms with E-state index in [0.29, 0.717) is 25.7 Å². The summed E-state index contributed by atoms with van der Waals surface area (Å²) in [5.74, 6) is -0.686. The molecule has 0 radical (unpaired) electrons. The van der Waals surface area contributed by atoms with E-state index in [4.69, 9.17) is 37.0 Å². The number of carbonyl (C=O) groups is 4. The van der Waals surface area contributed by atoms with E-state index in [1.165, 1.54) is 83.5 Å². The fraction of sp³-hybridized carbons (Fsp3) is 0.873. The normalized spacial score (nSPS) is 15.2. The monoisotopic (exact) mass is 1210 g/mol. The molecular formula is C63H118O17P2. The lowest BCUT2D eigenvalue weighted by Gasteiger charge is -2.21. The molecule has 0 aromatic carbocycles. The minimum atomic E-state index is -4.95. The van der Waals surface area contributed by atoms with Gasteiger partial charge in [0.15, 0.2) is 12.2 Å². The number of ether oxygens (including phenoxy) is 4. The molecule has 0 aromatic rings. The minimum Gasteiger partial charge on any atom is -0.462 e. The Balaban J connectivity index is 5.24. The molecule has 0 aliphatic rings. The third-order valence-electron chi connectivity index (χ3n) is 14.6. The van der Waals surface area contributed by atoms with Crippen LogP contribution in [0.5, 0.6) is 0 Å². The molecule has 0 saturated heterocycles. The SMILES string of the molecule is CCCCCC/C=C\C=C/CCCCCCCC(=O)O[C@H](COC(=O)CCCCCCCCCCC(C)CC)COP(=O)(O)OC[C@@H](O)COP(=O)(O)OC[C@@H](COC(=O)CCCCCCC)OC(=O)CCCCCCCCC(C)CC. The van der Waals surface area contributed by atoms with Crippen molar-refractivity contribution in [1.29, 1.82) is 0 Å². The molecule has 0 bridgehead atoms. The molecule has 3 N–H and O–H groups in total. The van der Waals surface area contributed by atoms with E-state index < -0.39 is 97.5 Å². The van der Waals surface area contributed by atoms with Gasteiger partial charge in [-0.2, -0.15) is 0 Å². The minimum absolute atomic E-state index is 0.0840. The molecule has 7 atom stereocenters. The molecule has 0 rings (SSSR count). The standard InChI is InChI=1S/C63H118O17P2/c1-7-11-13-15-16-17-18-19-20-21-22-23-28-35-41-47-62(67)79-59(52-74-61(66)46-40-34-27-25-24-26-32-37-43-55(5)9-3)54-78-82(71,72)76-50-57(64)49-75-81(69,70)77-53-58(51-73-60(65)45-39-31-14-12-8-2)80-63(68)48-42-36-30-29-33-38-44-56(6)10-4/h17-20,55-59,64H,7-16,21-54H2,1-6H3,(H,69,70)(H,71,72)/b18-17-,20-19-/t55?,56?,57-,58+,59+/m0/s1. The number of hydrogen-bond donors (Lipinski definition) is 3. The van der Waals surface area contributed by atoms with Crippen LogP contribution in [0.2, 0.25) is 0 Å². The predicted molar refractivity (Wildman–Crippen MR) is 326 cm³/mol. The Kier molecular flexibility index (Phi) is 53.5. The van der Waals surface area contributed by atoms with Gasteiger partial charge in [-0.3, -0.25) is 37.3 Å². The zero-order valence-corrected chi connectivity index (χ0v) is 54.0. The van der Waals surface area contributed by atoms with Crippen LogP contribution in [-0.4, -0.2) is 96.7 Å². The lowest BCUT2D eigenvalue weighted by atomic mass is 9.99. The number of hydrogen-bond acceptors (Lipinski definition) is 15. The highest BCUT2D eigenvalue weighted by atomic mass is 31.2. The zero-order valence-electron chi connectivity index (χ0n) is 52.3. The first-order valence-electron chi connectivity index (χ1n) is 32.4. The Morgan fingerprint density at radius 2 is 0.683 bits per heavy atom. The Morgan fingerprint density at radius 3 is 1.04 bits per heavy atom. The molecule has 0 aliphatic heterocycles. The summed E-state index contributed by atoms with van der Waals surface area (Å²) in [6.07, 6.45) is 40.1. The molecular weight excluding hydrogens is 1090 g/mol. The van der Waals surface area contributed by atoms with E-state index in [9.17, 15) is 43.2 Å². The molecule has 0 saturated carbocycles. The van der Waals surface area contributed by atoms with Crippen molar-refractivity contribution < 1.29 is 80.2 Å². The molecule has 0 aliphatic carbocycles. The van der Waals surface area contributed by atoms with Gasteiger partial charge in [0.25, 0.3) is 0 Å². The van der Waals surface area contributed by atoms with Gasteiger partial charge in [0, 0.05) is 25.7 Å². The fourth-order valence-electron chi connectivity index (χ4n) is 8.75. The summed E-state index contributed by atoms with van der Waals surface area (Å²) >= 11 is 0. The van der Waals surface area contributed by atoms with Crippen molar-refractivity contribution in [2.75, 3.05) is 39.6 Å². The van der Waals surface area contributed by atoms with E-state index >= 15 is 0 Å². The second-order valence-electron chi connectivity index (χ2n) is 22.6. The molecule has 0 spiro atoms. The number of aliphatic hydroxyl groups excluding tert-OH is 1. The van der Waals surface area contributed by atoms with Crippen molar-refractivity contribution >= 4 is 39.5 Å². The van der Waals surface area contributed by atoms with Crippen molar-refractivity contribution in [2.24, 2.45) is 11.8 Å². The van der Waals surface area contributed by atoms with Crippen LogP contribution in [0.4, 0.5) is 0 Å². The van der Waals surface area contributed by atoms with Crippen LogP contribution in [0.3, 0.4) is 0 Å². The third-order valence-corrected chi connectivity index (χ3v) is 16.5. The Labute approximate surface area is 497 Å². The van der Waals surface area contributed by atoms with Crippen molar-refractivity contribution in [3.63, 3.8) is 0 Å². The topological polar surface area (TPSA) is 237 Å². The maximum absolute atomic E-state index is 13.0. The van der Waals surface area contributed by atoms with E-state index in [0.717, 1.165) is 121 Å². The average Bonchev–Trinajstić information content (AvgIpc) is 3.47. The number of aliphatic hydroxyl groups is 1. The molecule has 0 heterocycles. The zero-order chi connectivity index (χ0) is 60.8. The van der Waals surface area contributed by atoms with Gasteiger partial charge in [-0.25, -0.2) is 9.13 Å². The van der Waals surface area contributed by atoms with Gasteiger partial charge in [0.1, 0.15) is 19.3 Å². The lowest BCUT2D eigenvalue weighted by molar-refractivity contribution is -0.161. The Hall–Kier alpha value is -2.46.